The van der Waals surface area contributed by atoms with Gasteiger partial charge in [-0.2, -0.15) is 0 Å². The number of hydrogen-bond acceptors (Lipinski definition) is 3. The maximum absolute atomic E-state index is 13.4. The van der Waals surface area contributed by atoms with Crippen molar-refractivity contribution in [2.75, 3.05) is 11.6 Å². The number of H-pyrrole nitrogens is 1. The summed E-state index contributed by atoms with van der Waals surface area (Å²) >= 11 is 12.7. The Morgan fingerprint density at radius 1 is 0.833 bits per heavy atom. The van der Waals surface area contributed by atoms with Crippen molar-refractivity contribution in [3.8, 4) is 22.4 Å². The van der Waals surface area contributed by atoms with E-state index in [1.807, 2.05) is 30.3 Å². The van der Waals surface area contributed by atoms with Crippen molar-refractivity contribution in [2.45, 2.75) is 4.90 Å². The van der Waals surface area contributed by atoms with Crippen molar-refractivity contribution in [1.82, 2.24) is 4.98 Å². The summed E-state index contributed by atoms with van der Waals surface area (Å²) in [7, 11) is -3.48. The number of rotatable bonds is 5. The van der Waals surface area contributed by atoms with Gasteiger partial charge in [0.25, 0.3) is 5.91 Å². The number of amides is 1. The number of para-hydroxylation sites is 1. The maximum atomic E-state index is 13.4. The molecule has 36 heavy (non-hydrogen) atoms. The van der Waals surface area contributed by atoms with Crippen LogP contribution in [0.5, 0.6) is 0 Å². The average Bonchev–Trinajstić information content (AvgIpc) is 3.28. The summed E-state index contributed by atoms with van der Waals surface area (Å²) < 4.78 is 24.4. The molecule has 1 aromatic heterocycles. The number of aromatic nitrogens is 1. The second-order valence-electron chi connectivity index (χ2n) is 8.41. The van der Waals surface area contributed by atoms with Gasteiger partial charge in [-0.15, -0.1) is 0 Å². The molecule has 0 bridgehead atoms. The number of hydrogen-bond donors (Lipinski definition) is 2. The van der Waals surface area contributed by atoms with Crippen LogP contribution in [0, 0.1) is 0 Å². The summed E-state index contributed by atoms with van der Waals surface area (Å²) in [5.74, 6) is -0.394. The van der Waals surface area contributed by atoms with Gasteiger partial charge < -0.3 is 10.3 Å². The highest BCUT2D eigenvalue weighted by Crippen LogP contribution is 2.33. The molecule has 4 aromatic carbocycles. The van der Waals surface area contributed by atoms with Crippen molar-refractivity contribution in [2.24, 2.45) is 0 Å². The smallest absolute Gasteiger partial charge is 0.256 e. The number of carbonyl (C=O) groups excluding carboxylic acids is 1. The van der Waals surface area contributed by atoms with Crippen LogP contribution in [0.2, 0.25) is 10.0 Å². The van der Waals surface area contributed by atoms with Crippen LogP contribution in [0.1, 0.15) is 10.4 Å². The first-order chi connectivity index (χ1) is 17.2. The normalized spacial score (nSPS) is 11.5. The highest BCUT2D eigenvalue weighted by Gasteiger charge is 2.18. The molecular formula is C28H20Cl2N2O3S. The fourth-order valence-electron chi connectivity index (χ4n) is 4.07. The van der Waals surface area contributed by atoms with E-state index in [-0.39, 0.29) is 4.90 Å². The van der Waals surface area contributed by atoms with Crippen LogP contribution in [-0.4, -0.2) is 25.6 Å². The van der Waals surface area contributed by atoms with Crippen LogP contribution in [-0.2, 0) is 9.84 Å². The Labute approximate surface area is 218 Å². The summed E-state index contributed by atoms with van der Waals surface area (Å²) in [6, 6.07) is 26.5. The summed E-state index contributed by atoms with van der Waals surface area (Å²) in [5, 5.41) is 4.98. The first-order valence-corrected chi connectivity index (χ1v) is 13.6. The van der Waals surface area contributed by atoms with Gasteiger partial charge in [-0.1, -0.05) is 53.5 Å². The van der Waals surface area contributed by atoms with E-state index in [0.717, 1.165) is 28.4 Å². The third kappa shape index (κ3) is 4.88. The van der Waals surface area contributed by atoms with Gasteiger partial charge >= 0.3 is 0 Å². The highest BCUT2D eigenvalue weighted by molar-refractivity contribution is 7.90. The zero-order valence-electron chi connectivity index (χ0n) is 19.0. The van der Waals surface area contributed by atoms with Gasteiger partial charge in [0.05, 0.1) is 9.92 Å². The van der Waals surface area contributed by atoms with Crippen molar-refractivity contribution in [1.29, 1.82) is 0 Å². The van der Waals surface area contributed by atoms with Crippen LogP contribution in [0.15, 0.2) is 95.9 Å². The van der Waals surface area contributed by atoms with Crippen molar-refractivity contribution in [3.05, 3.63) is 107 Å². The standard InChI is InChI=1S/C28H20Cl2N2O3S/c1-36(34,35)21-10-11-22(23(16-21)17-6-4-7-19(29)13-17)28(33)31-20-9-12-25(30)24(15-20)27-14-18-5-2-3-8-26(18)32-27/h2-16,32H,1H3,(H,31,33). The average molecular weight is 535 g/mol. The Morgan fingerprint density at radius 2 is 1.64 bits per heavy atom. The largest absolute Gasteiger partial charge is 0.354 e. The summed E-state index contributed by atoms with van der Waals surface area (Å²) in [6.45, 7) is 0. The van der Waals surface area contributed by atoms with Gasteiger partial charge in [0.15, 0.2) is 9.84 Å². The van der Waals surface area contributed by atoms with E-state index >= 15 is 0 Å². The fraction of sp³-hybridized carbons (Fsp3) is 0.0357. The van der Waals surface area contributed by atoms with Crippen LogP contribution < -0.4 is 5.32 Å². The van der Waals surface area contributed by atoms with E-state index in [1.54, 1.807) is 42.5 Å². The van der Waals surface area contributed by atoms with Crippen LogP contribution in [0.3, 0.4) is 0 Å². The third-order valence-electron chi connectivity index (χ3n) is 5.84. The van der Waals surface area contributed by atoms with E-state index in [0.29, 0.717) is 32.4 Å². The number of anilines is 1. The molecule has 5 rings (SSSR count). The summed E-state index contributed by atoms with van der Waals surface area (Å²) in [6.07, 6.45) is 1.13. The molecule has 1 heterocycles. The molecule has 8 heteroatoms. The molecule has 0 fully saturated rings. The lowest BCUT2D eigenvalue weighted by atomic mass is 9.99. The molecule has 0 saturated heterocycles. The summed E-state index contributed by atoms with van der Waals surface area (Å²) in [5.41, 5.74) is 4.50. The minimum absolute atomic E-state index is 0.113. The number of nitrogens with one attached hydrogen (secondary N) is 2. The topological polar surface area (TPSA) is 79.0 Å². The van der Waals surface area contributed by atoms with Crippen LogP contribution >= 0.6 is 23.2 Å². The number of carbonyl (C=O) groups is 1. The molecule has 0 unspecified atom stereocenters. The van der Waals surface area contributed by atoms with Crippen molar-refractivity contribution < 1.29 is 13.2 Å². The number of aromatic amines is 1. The molecule has 5 aromatic rings. The molecular weight excluding hydrogens is 515 g/mol. The Bertz CT molecular complexity index is 1710. The Kier molecular flexibility index (Phi) is 6.35. The molecule has 0 radical (unpaired) electrons. The van der Waals surface area contributed by atoms with E-state index in [9.17, 15) is 13.2 Å². The minimum atomic E-state index is -3.48. The van der Waals surface area contributed by atoms with E-state index in [1.165, 1.54) is 18.2 Å². The van der Waals surface area contributed by atoms with Gasteiger partial charge in [0.1, 0.15) is 0 Å². The zero-order valence-corrected chi connectivity index (χ0v) is 21.4. The predicted octanol–water partition coefficient (Wildman–Crippen LogP) is 7.46. The molecule has 0 atom stereocenters. The number of halogens is 2. The number of benzene rings is 4. The lowest BCUT2D eigenvalue weighted by Gasteiger charge is -2.13. The lowest BCUT2D eigenvalue weighted by molar-refractivity contribution is 0.102. The minimum Gasteiger partial charge on any atom is -0.354 e. The SMILES string of the molecule is CS(=O)(=O)c1ccc(C(=O)Nc2ccc(Cl)c(-c3cc4ccccc4[nH]3)c2)c(-c2cccc(Cl)c2)c1. The van der Waals surface area contributed by atoms with E-state index in [2.05, 4.69) is 10.3 Å². The van der Waals surface area contributed by atoms with Gasteiger partial charge in [-0.25, -0.2) is 8.42 Å². The first-order valence-electron chi connectivity index (χ1n) is 11.0. The Balaban J connectivity index is 1.53. The first kappa shape index (κ1) is 24.1. The molecule has 0 saturated carbocycles. The number of sulfone groups is 1. The molecule has 0 aliphatic rings. The van der Waals surface area contributed by atoms with Crippen molar-refractivity contribution >= 4 is 55.5 Å². The molecule has 0 spiro atoms. The second kappa shape index (κ2) is 9.47. The van der Waals surface area contributed by atoms with Gasteiger partial charge in [0.2, 0.25) is 0 Å². The van der Waals surface area contributed by atoms with Gasteiger partial charge in [-0.05, 0) is 71.8 Å². The highest BCUT2D eigenvalue weighted by atomic mass is 35.5. The lowest BCUT2D eigenvalue weighted by Crippen LogP contribution is -2.14. The molecule has 0 aliphatic heterocycles. The summed E-state index contributed by atoms with van der Waals surface area (Å²) in [4.78, 5) is 16.9. The monoisotopic (exact) mass is 534 g/mol. The van der Waals surface area contributed by atoms with Gasteiger partial charge in [0, 0.05) is 44.7 Å². The van der Waals surface area contributed by atoms with E-state index in [4.69, 9.17) is 23.2 Å². The quantitative estimate of drug-likeness (QED) is 0.245. The molecule has 1 amide bonds. The van der Waals surface area contributed by atoms with Crippen LogP contribution in [0.25, 0.3) is 33.3 Å². The van der Waals surface area contributed by atoms with E-state index < -0.39 is 15.7 Å². The number of fused-ring (bicyclic) bond motifs is 1. The predicted molar refractivity (Wildman–Crippen MR) is 147 cm³/mol. The van der Waals surface area contributed by atoms with Crippen molar-refractivity contribution in [3.63, 3.8) is 0 Å². The van der Waals surface area contributed by atoms with Gasteiger partial charge in [-0.3, -0.25) is 4.79 Å². The molecule has 2 N–H and O–H groups in total. The molecule has 180 valence electrons. The maximum Gasteiger partial charge on any atom is 0.256 e. The fourth-order valence-corrected chi connectivity index (χ4v) is 5.13. The third-order valence-corrected chi connectivity index (χ3v) is 7.52. The van der Waals surface area contributed by atoms with Crippen LogP contribution in [0.4, 0.5) is 5.69 Å². The molecule has 5 nitrogen and oxygen atoms in total. The second-order valence-corrected chi connectivity index (χ2v) is 11.3. The molecule has 0 aliphatic carbocycles. The Morgan fingerprint density at radius 3 is 2.39 bits per heavy atom. The zero-order chi connectivity index (χ0) is 25.4. The Hall–Kier alpha value is -3.58.